The van der Waals surface area contributed by atoms with E-state index in [2.05, 4.69) is 0 Å². The molecule has 0 spiro atoms. The van der Waals surface area contributed by atoms with E-state index in [0.717, 1.165) is 0 Å². The summed E-state index contributed by atoms with van der Waals surface area (Å²) >= 11 is 5.49. The molecule has 0 fully saturated rings. The average molecular weight is 172 g/mol. The quantitative estimate of drug-likeness (QED) is 0.629. The lowest BCUT2D eigenvalue weighted by molar-refractivity contribution is 0.625. The lowest BCUT2D eigenvalue weighted by atomic mass is 10.1. The Morgan fingerprint density at radius 1 is 1.55 bits per heavy atom. The van der Waals surface area contributed by atoms with E-state index in [4.69, 9.17) is 17.0 Å². The van der Waals surface area contributed by atoms with Gasteiger partial charge in [0.05, 0.1) is 5.02 Å². The number of halogens is 2. The summed E-state index contributed by atoms with van der Waals surface area (Å²) in [5.41, 5.74) is 0.447. The fraction of sp³-hybridized carbons (Fsp3) is 0.125. The Kier molecular flexibility index (Phi) is 2.25. The van der Waals surface area contributed by atoms with Crippen molar-refractivity contribution in [3.05, 3.63) is 34.6 Å². The predicted octanol–water partition coefficient (Wildman–Crippen LogP) is 2.87. The molecular weight excluding hydrogens is 165 g/mol. The van der Waals surface area contributed by atoms with Gasteiger partial charge < -0.3 is 5.41 Å². The molecule has 58 valence electrons. The molecule has 1 nitrogen and oxygen atoms in total. The van der Waals surface area contributed by atoms with Crippen LogP contribution >= 0.6 is 11.6 Å². The van der Waals surface area contributed by atoms with Crippen LogP contribution in [0.1, 0.15) is 12.5 Å². The van der Waals surface area contributed by atoms with Crippen molar-refractivity contribution in [2.45, 2.75) is 6.92 Å². The van der Waals surface area contributed by atoms with Crippen molar-refractivity contribution in [3.8, 4) is 0 Å². The third-order valence-electron chi connectivity index (χ3n) is 1.36. The smallest absolute Gasteiger partial charge is 0.150 e. The van der Waals surface area contributed by atoms with E-state index >= 15 is 0 Å². The molecule has 0 heterocycles. The van der Waals surface area contributed by atoms with Gasteiger partial charge in [0, 0.05) is 11.3 Å². The van der Waals surface area contributed by atoms with Crippen LogP contribution in [0.25, 0.3) is 0 Å². The summed E-state index contributed by atoms with van der Waals surface area (Å²) in [6, 6.07) is 4.62. The van der Waals surface area contributed by atoms with E-state index in [-0.39, 0.29) is 16.3 Å². The monoisotopic (exact) mass is 171 g/mol. The summed E-state index contributed by atoms with van der Waals surface area (Å²) in [6.45, 7) is 1.52. The van der Waals surface area contributed by atoms with Crippen molar-refractivity contribution in [3.63, 3.8) is 0 Å². The predicted molar refractivity (Wildman–Crippen MR) is 43.9 cm³/mol. The summed E-state index contributed by atoms with van der Waals surface area (Å²) in [5, 5.41) is 7.24. The summed E-state index contributed by atoms with van der Waals surface area (Å²) < 4.78 is 13.0. The number of hydrogen-bond acceptors (Lipinski definition) is 1. The zero-order valence-electron chi connectivity index (χ0n) is 5.99. The molecule has 0 atom stereocenters. The van der Waals surface area contributed by atoms with Gasteiger partial charge in [-0.05, 0) is 13.0 Å². The van der Waals surface area contributed by atoms with Crippen LogP contribution < -0.4 is 0 Å². The molecule has 0 amide bonds. The van der Waals surface area contributed by atoms with Gasteiger partial charge in [-0.1, -0.05) is 23.7 Å². The number of hydrogen-bond donors (Lipinski definition) is 1. The fourth-order valence-electron chi connectivity index (χ4n) is 0.793. The van der Waals surface area contributed by atoms with E-state index < -0.39 is 5.82 Å². The van der Waals surface area contributed by atoms with Gasteiger partial charge in [-0.2, -0.15) is 0 Å². The Balaban J connectivity index is 3.27. The normalized spacial score (nSPS) is 9.73. The molecular formula is C8H7ClFN. The van der Waals surface area contributed by atoms with Gasteiger partial charge in [0.2, 0.25) is 0 Å². The number of nitrogens with one attached hydrogen (secondary N) is 1. The highest BCUT2D eigenvalue weighted by Crippen LogP contribution is 2.17. The zero-order chi connectivity index (χ0) is 8.43. The Morgan fingerprint density at radius 3 is 2.64 bits per heavy atom. The Bertz CT molecular complexity index is 296. The van der Waals surface area contributed by atoms with Crippen molar-refractivity contribution < 1.29 is 4.39 Å². The molecule has 0 unspecified atom stereocenters. The molecule has 3 heteroatoms. The first-order valence-electron chi connectivity index (χ1n) is 3.12. The molecule has 0 saturated carbocycles. The van der Waals surface area contributed by atoms with Crippen LogP contribution in [0, 0.1) is 11.2 Å². The molecule has 0 radical (unpaired) electrons. The second kappa shape index (κ2) is 3.01. The van der Waals surface area contributed by atoms with Crippen molar-refractivity contribution in [1.29, 1.82) is 5.41 Å². The summed E-state index contributed by atoms with van der Waals surface area (Å²) in [4.78, 5) is 0. The topological polar surface area (TPSA) is 23.9 Å². The molecule has 1 N–H and O–H groups in total. The van der Waals surface area contributed by atoms with Gasteiger partial charge in [-0.25, -0.2) is 4.39 Å². The zero-order valence-corrected chi connectivity index (χ0v) is 6.74. The maximum atomic E-state index is 13.0. The summed E-state index contributed by atoms with van der Waals surface area (Å²) in [6.07, 6.45) is 0. The molecule has 1 aromatic carbocycles. The third-order valence-corrected chi connectivity index (χ3v) is 1.65. The molecule has 0 aliphatic heterocycles. The minimum atomic E-state index is -0.512. The highest BCUT2D eigenvalue weighted by atomic mass is 35.5. The van der Waals surface area contributed by atoms with E-state index in [1.165, 1.54) is 19.1 Å². The fourth-order valence-corrected chi connectivity index (χ4v) is 0.968. The van der Waals surface area contributed by atoms with E-state index in [9.17, 15) is 4.39 Å². The lowest BCUT2D eigenvalue weighted by Gasteiger charge is -2.00. The Labute approximate surface area is 69.3 Å². The molecule has 1 rings (SSSR count). The minimum Gasteiger partial charge on any atom is -0.305 e. The number of benzene rings is 1. The first kappa shape index (κ1) is 8.21. The van der Waals surface area contributed by atoms with Gasteiger partial charge in [-0.15, -0.1) is 0 Å². The van der Waals surface area contributed by atoms with Gasteiger partial charge in [-0.3, -0.25) is 0 Å². The van der Waals surface area contributed by atoms with Gasteiger partial charge in [0.15, 0.2) is 5.82 Å². The lowest BCUT2D eigenvalue weighted by Crippen LogP contribution is -1.96. The molecule has 0 aliphatic rings. The highest BCUT2D eigenvalue weighted by molar-refractivity contribution is 6.31. The molecule has 0 saturated heterocycles. The summed E-state index contributed by atoms with van der Waals surface area (Å²) in [5.74, 6) is -0.512. The van der Waals surface area contributed by atoms with E-state index in [1.807, 2.05) is 0 Å². The van der Waals surface area contributed by atoms with Crippen LogP contribution in [-0.2, 0) is 0 Å². The minimum absolute atomic E-state index is 0.0640. The van der Waals surface area contributed by atoms with Gasteiger partial charge in [0.1, 0.15) is 0 Å². The highest BCUT2D eigenvalue weighted by Gasteiger charge is 2.06. The van der Waals surface area contributed by atoms with Crippen LogP contribution in [0.3, 0.4) is 0 Å². The Morgan fingerprint density at radius 2 is 2.18 bits per heavy atom. The molecule has 0 aromatic heterocycles. The van der Waals surface area contributed by atoms with Crippen molar-refractivity contribution in [1.82, 2.24) is 0 Å². The SMILES string of the molecule is CC(=N)c1cccc(Cl)c1F. The average Bonchev–Trinajstić information content (AvgIpc) is 1.94. The van der Waals surface area contributed by atoms with Gasteiger partial charge in [0.25, 0.3) is 0 Å². The van der Waals surface area contributed by atoms with E-state index in [1.54, 1.807) is 6.07 Å². The summed E-state index contributed by atoms with van der Waals surface area (Å²) in [7, 11) is 0. The second-order valence-electron chi connectivity index (χ2n) is 2.23. The van der Waals surface area contributed by atoms with E-state index in [0.29, 0.717) is 0 Å². The van der Waals surface area contributed by atoms with Crippen molar-refractivity contribution >= 4 is 17.3 Å². The molecule has 11 heavy (non-hydrogen) atoms. The van der Waals surface area contributed by atoms with Crippen LogP contribution in [-0.4, -0.2) is 5.71 Å². The van der Waals surface area contributed by atoms with Gasteiger partial charge >= 0.3 is 0 Å². The first-order valence-corrected chi connectivity index (χ1v) is 3.50. The standard InChI is InChI=1S/C8H7ClFN/c1-5(11)6-3-2-4-7(9)8(6)10/h2-4,11H,1H3. The molecule has 1 aromatic rings. The third kappa shape index (κ3) is 1.57. The maximum Gasteiger partial charge on any atom is 0.150 e. The first-order chi connectivity index (χ1) is 5.13. The van der Waals surface area contributed by atoms with Crippen molar-refractivity contribution in [2.75, 3.05) is 0 Å². The number of rotatable bonds is 1. The van der Waals surface area contributed by atoms with Crippen LogP contribution in [0.4, 0.5) is 4.39 Å². The van der Waals surface area contributed by atoms with Crippen molar-refractivity contribution in [2.24, 2.45) is 0 Å². The van der Waals surface area contributed by atoms with Crippen LogP contribution in [0.15, 0.2) is 18.2 Å². The molecule has 0 bridgehead atoms. The van der Waals surface area contributed by atoms with Crippen LogP contribution in [0.5, 0.6) is 0 Å². The molecule has 0 aliphatic carbocycles. The Hall–Kier alpha value is -0.890. The second-order valence-corrected chi connectivity index (χ2v) is 2.63. The largest absolute Gasteiger partial charge is 0.305 e. The maximum absolute atomic E-state index is 13.0. The van der Waals surface area contributed by atoms with Crippen LogP contribution in [0.2, 0.25) is 5.02 Å².